The summed E-state index contributed by atoms with van der Waals surface area (Å²) in [5.74, 6) is 0.606. The van der Waals surface area contributed by atoms with Gasteiger partial charge in [0.2, 0.25) is 0 Å². The molecular formula is C12H18N4O2. The number of aromatic amines is 2. The van der Waals surface area contributed by atoms with E-state index in [1.807, 2.05) is 0 Å². The third-order valence-electron chi connectivity index (χ3n) is 5.39. The maximum atomic E-state index is 11.5. The molecule has 1 aromatic heterocycles. The second-order valence-electron chi connectivity index (χ2n) is 6.21. The number of fused-ring (bicyclic) bond motifs is 2. The molecule has 2 aliphatic carbocycles. The topological polar surface area (TPSA) is 83.0 Å². The van der Waals surface area contributed by atoms with E-state index in [4.69, 9.17) is 0 Å². The summed E-state index contributed by atoms with van der Waals surface area (Å²) in [6, 6.07) is 0. The van der Waals surface area contributed by atoms with Crippen molar-refractivity contribution >= 4 is 5.71 Å². The Labute approximate surface area is 104 Å². The van der Waals surface area contributed by atoms with Gasteiger partial charge in [0.05, 0.1) is 0 Å². The fourth-order valence-corrected chi connectivity index (χ4v) is 3.60. The highest BCUT2D eigenvalue weighted by Gasteiger charge is 2.60. The van der Waals surface area contributed by atoms with Crippen LogP contribution in [0.4, 0.5) is 0 Å². The molecule has 1 heterocycles. The smallest absolute Gasteiger partial charge is 0.246 e. The van der Waals surface area contributed by atoms with Crippen molar-refractivity contribution in [2.45, 2.75) is 40.0 Å². The number of nitrogens with zero attached hydrogens (tertiary/aromatic N) is 2. The quantitative estimate of drug-likeness (QED) is 0.776. The first-order valence-corrected chi connectivity index (χ1v) is 6.34. The Kier molecular flexibility index (Phi) is 2.07. The first kappa shape index (κ1) is 11.5. The third kappa shape index (κ3) is 1.20. The van der Waals surface area contributed by atoms with Gasteiger partial charge >= 0.3 is 11.4 Å². The van der Waals surface area contributed by atoms with Crippen LogP contribution in [0.2, 0.25) is 0 Å². The van der Waals surface area contributed by atoms with Crippen molar-refractivity contribution in [3.8, 4) is 0 Å². The number of aromatic nitrogens is 3. The van der Waals surface area contributed by atoms with Gasteiger partial charge in [0, 0.05) is 11.1 Å². The van der Waals surface area contributed by atoms with Crippen LogP contribution in [0.5, 0.6) is 0 Å². The van der Waals surface area contributed by atoms with E-state index in [1.165, 1.54) is 6.42 Å². The summed E-state index contributed by atoms with van der Waals surface area (Å²) in [5.41, 5.74) is 0.170. The van der Waals surface area contributed by atoms with Crippen molar-refractivity contribution in [2.24, 2.45) is 21.8 Å². The molecule has 6 nitrogen and oxygen atoms in total. The van der Waals surface area contributed by atoms with Gasteiger partial charge in [0.15, 0.2) is 0 Å². The Morgan fingerprint density at radius 3 is 2.28 bits per heavy atom. The molecule has 2 aliphatic rings. The zero-order valence-electron chi connectivity index (χ0n) is 10.9. The highest BCUT2D eigenvalue weighted by Crippen LogP contribution is 2.63. The SMILES string of the molecule is CC1(C)[C@H]2CC[C@]1(C)/C(=N\n1c(=O)[nH][nH]c1=O)C2. The molecule has 3 rings (SSSR count). The van der Waals surface area contributed by atoms with Crippen molar-refractivity contribution < 1.29 is 0 Å². The number of H-pyrrole nitrogens is 2. The van der Waals surface area contributed by atoms with E-state index in [9.17, 15) is 9.59 Å². The largest absolute Gasteiger partial charge is 0.365 e. The van der Waals surface area contributed by atoms with Gasteiger partial charge in [0.25, 0.3) is 0 Å². The molecule has 18 heavy (non-hydrogen) atoms. The molecule has 2 bridgehead atoms. The predicted octanol–water partition coefficient (Wildman–Crippen LogP) is 0.915. The third-order valence-corrected chi connectivity index (χ3v) is 5.39. The van der Waals surface area contributed by atoms with E-state index in [0.717, 1.165) is 23.2 Å². The van der Waals surface area contributed by atoms with Gasteiger partial charge in [-0.25, -0.2) is 19.8 Å². The lowest BCUT2D eigenvalue weighted by molar-refractivity contribution is 0.193. The van der Waals surface area contributed by atoms with Gasteiger partial charge < -0.3 is 0 Å². The van der Waals surface area contributed by atoms with E-state index in [0.29, 0.717) is 5.92 Å². The Balaban J connectivity index is 2.11. The summed E-state index contributed by atoms with van der Waals surface area (Å²) in [6.45, 7) is 6.72. The second-order valence-corrected chi connectivity index (χ2v) is 6.21. The Morgan fingerprint density at radius 1 is 1.22 bits per heavy atom. The summed E-state index contributed by atoms with van der Waals surface area (Å²) in [4.78, 5) is 22.9. The molecule has 2 N–H and O–H groups in total. The van der Waals surface area contributed by atoms with E-state index in [1.54, 1.807) is 0 Å². The van der Waals surface area contributed by atoms with Crippen LogP contribution in [0.3, 0.4) is 0 Å². The van der Waals surface area contributed by atoms with Gasteiger partial charge in [-0.15, -0.1) is 4.68 Å². The summed E-state index contributed by atoms with van der Waals surface area (Å²) < 4.78 is 0.900. The monoisotopic (exact) mass is 250 g/mol. The van der Waals surface area contributed by atoms with Crippen molar-refractivity contribution in [2.75, 3.05) is 0 Å². The molecule has 0 radical (unpaired) electrons. The standard InChI is InChI=1S/C12H18N4O2/c1-11(2)7-4-5-12(11,3)8(6-7)15-16-9(17)13-14-10(16)18/h7H,4-6H2,1-3H3,(H,13,17)(H,14,18)/b15-8-/t7-,12+/m0/s1. The van der Waals surface area contributed by atoms with E-state index >= 15 is 0 Å². The van der Waals surface area contributed by atoms with Gasteiger partial charge in [-0.05, 0) is 30.6 Å². The van der Waals surface area contributed by atoms with Crippen LogP contribution < -0.4 is 11.4 Å². The lowest BCUT2D eigenvalue weighted by Gasteiger charge is -2.34. The molecule has 2 saturated carbocycles. The average Bonchev–Trinajstić information content (AvgIpc) is 2.79. The zero-order chi connectivity index (χ0) is 13.1. The number of hydrogen-bond acceptors (Lipinski definition) is 3. The van der Waals surface area contributed by atoms with E-state index in [-0.39, 0.29) is 10.8 Å². The first-order chi connectivity index (χ1) is 8.36. The molecule has 0 aliphatic heterocycles. The lowest BCUT2D eigenvalue weighted by Crippen LogP contribution is -2.34. The molecular weight excluding hydrogens is 232 g/mol. The van der Waals surface area contributed by atoms with Crippen molar-refractivity contribution in [1.82, 2.24) is 14.9 Å². The zero-order valence-corrected chi connectivity index (χ0v) is 10.9. The van der Waals surface area contributed by atoms with Crippen LogP contribution in [-0.4, -0.2) is 20.6 Å². The molecule has 0 unspecified atom stereocenters. The van der Waals surface area contributed by atoms with Crippen molar-refractivity contribution in [3.63, 3.8) is 0 Å². The number of hydrogen-bond donors (Lipinski definition) is 2. The Bertz CT molecular complexity index is 605. The molecule has 2 atom stereocenters. The molecule has 98 valence electrons. The summed E-state index contributed by atoms with van der Waals surface area (Å²) in [7, 11) is 0. The molecule has 0 spiro atoms. The molecule has 0 amide bonds. The minimum Gasteiger partial charge on any atom is -0.246 e. The molecule has 0 saturated heterocycles. The fourth-order valence-electron chi connectivity index (χ4n) is 3.60. The highest BCUT2D eigenvalue weighted by atomic mass is 16.2. The molecule has 0 aromatic carbocycles. The molecule has 6 heteroatoms. The van der Waals surface area contributed by atoms with Crippen LogP contribution in [-0.2, 0) is 0 Å². The second kappa shape index (κ2) is 3.24. The summed E-state index contributed by atoms with van der Waals surface area (Å²) in [6.07, 6.45) is 3.18. The fraction of sp³-hybridized carbons (Fsp3) is 0.750. The maximum Gasteiger partial charge on any atom is 0.365 e. The first-order valence-electron chi connectivity index (χ1n) is 6.34. The summed E-state index contributed by atoms with van der Waals surface area (Å²) >= 11 is 0. The van der Waals surface area contributed by atoms with Crippen molar-refractivity contribution in [1.29, 1.82) is 0 Å². The van der Waals surface area contributed by atoms with Crippen LogP contribution in [0, 0.1) is 16.7 Å². The Morgan fingerprint density at radius 2 is 1.83 bits per heavy atom. The van der Waals surface area contributed by atoms with Gasteiger partial charge in [-0.3, -0.25) is 0 Å². The van der Waals surface area contributed by atoms with Gasteiger partial charge in [-0.2, -0.15) is 5.10 Å². The van der Waals surface area contributed by atoms with Gasteiger partial charge in [-0.1, -0.05) is 20.8 Å². The molecule has 1 aromatic rings. The van der Waals surface area contributed by atoms with E-state index < -0.39 is 11.4 Å². The van der Waals surface area contributed by atoms with E-state index in [2.05, 4.69) is 36.1 Å². The van der Waals surface area contributed by atoms with Crippen LogP contribution in [0.1, 0.15) is 40.0 Å². The summed E-state index contributed by atoms with van der Waals surface area (Å²) in [5, 5.41) is 8.82. The van der Waals surface area contributed by atoms with Crippen LogP contribution in [0.25, 0.3) is 0 Å². The minimum atomic E-state index is -0.503. The normalized spacial score (nSPS) is 35.5. The Hall–Kier alpha value is -1.59. The average molecular weight is 250 g/mol. The predicted molar refractivity (Wildman–Crippen MR) is 67.7 cm³/mol. The maximum absolute atomic E-state index is 11.5. The number of rotatable bonds is 1. The van der Waals surface area contributed by atoms with Crippen LogP contribution in [0.15, 0.2) is 14.7 Å². The van der Waals surface area contributed by atoms with Crippen LogP contribution >= 0.6 is 0 Å². The van der Waals surface area contributed by atoms with Gasteiger partial charge in [0.1, 0.15) is 0 Å². The highest BCUT2D eigenvalue weighted by molar-refractivity contribution is 5.94. The molecule has 2 fully saturated rings. The van der Waals surface area contributed by atoms with Crippen molar-refractivity contribution in [3.05, 3.63) is 21.0 Å². The minimum absolute atomic E-state index is 0.000810. The number of nitrogens with one attached hydrogen (secondary N) is 2. The lowest BCUT2D eigenvalue weighted by atomic mass is 9.70.